The first-order chi connectivity index (χ1) is 7.74. The molecule has 0 aliphatic heterocycles. The van der Waals surface area contributed by atoms with Gasteiger partial charge in [-0.15, -0.1) is 0 Å². The van der Waals surface area contributed by atoms with Crippen molar-refractivity contribution < 1.29 is 4.74 Å². The van der Waals surface area contributed by atoms with Crippen LogP contribution in [0.4, 0.5) is 5.69 Å². The van der Waals surface area contributed by atoms with Gasteiger partial charge in [0.05, 0.1) is 0 Å². The number of hydrogen-bond donors (Lipinski definition) is 1. The molecule has 1 heterocycles. The van der Waals surface area contributed by atoms with Gasteiger partial charge in [0.2, 0.25) is 0 Å². The van der Waals surface area contributed by atoms with Crippen LogP contribution in [0.3, 0.4) is 0 Å². The summed E-state index contributed by atoms with van der Waals surface area (Å²) < 4.78 is 6.40. The Morgan fingerprint density at radius 3 is 2.38 bits per heavy atom. The number of ether oxygens (including phenoxy) is 1. The van der Waals surface area contributed by atoms with Crippen LogP contribution in [0, 0.1) is 3.57 Å². The third-order valence-electron chi connectivity index (χ3n) is 1.94. The van der Waals surface area contributed by atoms with E-state index in [2.05, 4.69) is 32.6 Å². The SMILES string of the molecule is Nc1ccc(COc2ncc(I)cn2)cc1. The number of nitrogens with zero attached hydrogens (tertiary/aromatic N) is 2. The standard InChI is InChI=1S/C11H10IN3O/c12-9-5-14-11(15-6-9)16-7-8-1-3-10(13)4-2-8/h1-6H,7,13H2. The first-order valence-electron chi connectivity index (χ1n) is 4.69. The smallest absolute Gasteiger partial charge is 0.316 e. The maximum absolute atomic E-state index is 5.58. The molecule has 2 rings (SSSR count). The number of aromatic nitrogens is 2. The summed E-state index contributed by atoms with van der Waals surface area (Å²) in [6.07, 6.45) is 3.43. The van der Waals surface area contributed by atoms with Gasteiger partial charge in [-0.25, -0.2) is 9.97 Å². The van der Waals surface area contributed by atoms with E-state index in [1.807, 2.05) is 24.3 Å². The van der Waals surface area contributed by atoms with Crippen LogP contribution < -0.4 is 10.5 Å². The van der Waals surface area contributed by atoms with Gasteiger partial charge in [0.15, 0.2) is 0 Å². The molecular weight excluding hydrogens is 317 g/mol. The lowest BCUT2D eigenvalue weighted by atomic mass is 10.2. The summed E-state index contributed by atoms with van der Waals surface area (Å²) in [5.74, 6) is 0. The number of benzene rings is 1. The Morgan fingerprint density at radius 1 is 1.12 bits per heavy atom. The molecule has 1 aromatic heterocycles. The molecular formula is C11H10IN3O. The topological polar surface area (TPSA) is 61.0 Å². The Morgan fingerprint density at radius 2 is 1.75 bits per heavy atom. The fourth-order valence-corrected chi connectivity index (χ4v) is 1.42. The van der Waals surface area contributed by atoms with Crippen LogP contribution in [0.1, 0.15) is 5.56 Å². The van der Waals surface area contributed by atoms with Gasteiger partial charge in [-0.05, 0) is 40.3 Å². The quantitative estimate of drug-likeness (QED) is 0.694. The van der Waals surface area contributed by atoms with Crippen LogP contribution in [-0.4, -0.2) is 9.97 Å². The van der Waals surface area contributed by atoms with E-state index >= 15 is 0 Å². The Bertz CT molecular complexity index is 410. The first kappa shape index (κ1) is 11.1. The van der Waals surface area contributed by atoms with Crippen LogP contribution in [0.25, 0.3) is 0 Å². The van der Waals surface area contributed by atoms with Gasteiger partial charge < -0.3 is 10.5 Å². The second-order valence-electron chi connectivity index (χ2n) is 3.21. The van der Waals surface area contributed by atoms with E-state index in [1.165, 1.54) is 0 Å². The summed E-state index contributed by atoms with van der Waals surface area (Å²) >= 11 is 2.15. The third kappa shape index (κ3) is 3.06. The van der Waals surface area contributed by atoms with Crippen molar-refractivity contribution in [3.8, 4) is 6.01 Å². The van der Waals surface area contributed by atoms with E-state index in [0.29, 0.717) is 12.6 Å². The fraction of sp³-hybridized carbons (Fsp3) is 0.0909. The molecule has 4 nitrogen and oxygen atoms in total. The predicted octanol–water partition coefficient (Wildman–Crippen LogP) is 2.24. The van der Waals surface area contributed by atoms with Crippen LogP contribution >= 0.6 is 22.6 Å². The van der Waals surface area contributed by atoms with E-state index in [0.717, 1.165) is 14.8 Å². The van der Waals surface area contributed by atoms with Gasteiger partial charge >= 0.3 is 6.01 Å². The second kappa shape index (κ2) is 5.11. The van der Waals surface area contributed by atoms with E-state index in [9.17, 15) is 0 Å². The number of anilines is 1. The molecule has 0 radical (unpaired) electrons. The van der Waals surface area contributed by atoms with Crippen LogP contribution in [-0.2, 0) is 6.61 Å². The molecule has 82 valence electrons. The normalized spacial score (nSPS) is 10.1. The molecule has 0 saturated heterocycles. The van der Waals surface area contributed by atoms with Gasteiger partial charge in [-0.2, -0.15) is 0 Å². The molecule has 5 heteroatoms. The maximum Gasteiger partial charge on any atom is 0.316 e. The van der Waals surface area contributed by atoms with Crippen molar-refractivity contribution in [2.24, 2.45) is 0 Å². The first-order valence-corrected chi connectivity index (χ1v) is 5.77. The minimum Gasteiger partial charge on any atom is -0.459 e. The lowest BCUT2D eigenvalue weighted by Crippen LogP contribution is -1.99. The lowest BCUT2D eigenvalue weighted by Gasteiger charge is -2.04. The molecule has 0 bridgehead atoms. The van der Waals surface area contributed by atoms with Gasteiger partial charge in [-0.3, -0.25) is 0 Å². The monoisotopic (exact) mass is 327 g/mol. The van der Waals surface area contributed by atoms with E-state index < -0.39 is 0 Å². The molecule has 16 heavy (non-hydrogen) atoms. The van der Waals surface area contributed by atoms with Crippen molar-refractivity contribution in [2.75, 3.05) is 5.73 Å². The minimum atomic E-state index is 0.386. The van der Waals surface area contributed by atoms with Crippen LogP contribution in [0.2, 0.25) is 0 Å². The highest BCUT2D eigenvalue weighted by atomic mass is 127. The summed E-state index contributed by atoms with van der Waals surface area (Å²) in [7, 11) is 0. The number of nitrogen functional groups attached to an aromatic ring is 1. The Hall–Kier alpha value is -1.37. The van der Waals surface area contributed by atoms with Crippen molar-refractivity contribution in [3.05, 3.63) is 45.8 Å². The number of hydrogen-bond acceptors (Lipinski definition) is 4. The molecule has 0 aliphatic rings. The highest BCUT2D eigenvalue weighted by Gasteiger charge is 1.98. The van der Waals surface area contributed by atoms with Gasteiger partial charge in [0, 0.05) is 21.7 Å². The van der Waals surface area contributed by atoms with Crippen LogP contribution in [0.15, 0.2) is 36.7 Å². The number of halogens is 1. The number of rotatable bonds is 3. The second-order valence-corrected chi connectivity index (χ2v) is 4.46. The Labute approximate surface area is 107 Å². The van der Waals surface area contributed by atoms with Crippen molar-refractivity contribution in [1.82, 2.24) is 9.97 Å². The third-order valence-corrected chi connectivity index (χ3v) is 2.50. The molecule has 0 spiro atoms. The summed E-state index contributed by atoms with van der Waals surface area (Å²) in [6, 6.07) is 7.91. The zero-order chi connectivity index (χ0) is 11.4. The highest BCUT2D eigenvalue weighted by molar-refractivity contribution is 14.1. The molecule has 0 amide bonds. The molecule has 2 N–H and O–H groups in total. The summed E-state index contributed by atoms with van der Waals surface area (Å²) in [5.41, 5.74) is 7.37. The van der Waals surface area contributed by atoms with Crippen molar-refractivity contribution >= 4 is 28.3 Å². The average Bonchev–Trinajstić information content (AvgIpc) is 2.30. The van der Waals surface area contributed by atoms with Crippen molar-refractivity contribution in [3.63, 3.8) is 0 Å². The molecule has 0 aliphatic carbocycles. The number of nitrogens with two attached hydrogens (primary N) is 1. The minimum absolute atomic E-state index is 0.386. The summed E-state index contributed by atoms with van der Waals surface area (Å²) in [4.78, 5) is 8.09. The van der Waals surface area contributed by atoms with E-state index in [4.69, 9.17) is 10.5 Å². The van der Waals surface area contributed by atoms with E-state index in [1.54, 1.807) is 12.4 Å². The molecule has 0 saturated carbocycles. The molecule has 0 fully saturated rings. The largest absolute Gasteiger partial charge is 0.459 e. The Balaban J connectivity index is 1.97. The molecule has 0 unspecified atom stereocenters. The van der Waals surface area contributed by atoms with Gasteiger partial charge in [-0.1, -0.05) is 12.1 Å². The van der Waals surface area contributed by atoms with E-state index in [-0.39, 0.29) is 0 Å². The van der Waals surface area contributed by atoms with Gasteiger partial charge in [0.1, 0.15) is 6.61 Å². The van der Waals surface area contributed by atoms with Crippen molar-refractivity contribution in [1.29, 1.82) is 0 Å². The van der Waals surface area contributed by atoms with Crippen LogP contribution in [0.5, 0.6) is 6.01 Å². The fourth-order valence-electron chi connectivity index (χ4n) is 1.14. The zero-order valence-electron chi connectivity index (χ0n) is 8.43. The average molecular weight is 327 g/mol. The summed E-state index contributed by atoms with van der Waals surface area (Å²) in [6.45, 7) is 0.445. The Kier molecular flexibility index (Phi) is 3.55. The zero-order valence-corrected chi connectivity index (χ0v) is 10.6. The summed E-state index contributed by atoms with van der Waals surface area (Å²) in [5, 5.41) is 0. The highest BCUT2D eigenvalue weighted by Crippen LogP contribution is 2.09. The lowest BCUT2D eigenvalue weighted by molar-refractivity contribution is 0.280. The molecule has 0 atom stereocenters. The van der Waals surface area contributed by atoms with Gasteiger partial charge in [0.25, 0.3) is 0 Å². The van der Waals surface area contributed by atoms with Crippen molar-refractivity contribution in [2.45, 2.75) is 6.61 Å². The molecule has 2 aromatic rings. The predicted molar refractivity (Wildman–Crippen MR) is 69.9 cm³/mol. The molecule has 1 aromatic carbocycles. The maximum atomic E-state index is 5.58.